The lowest BCUT2D eigenvalue weighted by Gasteiger charge is -2.14. The maximum absolute atomic E-state index is 12.1. The third-order valence-electron chi connectivity index (χ3n) is 4.54. The minimum Gasteiger partial charge on any atom is -0.366 e. The molecular formula is C20H29N3O. The van der Waals surface area contributed by atoms with Crippen LogP contribution >= 0.6 is 0 Å². The first-order valence-corrected chi connectivity index (χ1v) is 8.60. The highest BCUT2D eigenvalue weighted by atomic mass is 16.1. The van der Waals surface area contributed by atoms with Gasteiger partial charge in [-0.15, -0.1) is 0 Å². The largest absolute Gasteiger partial charge is 0.366 e. The van der Waals surface area contributed by atoms with Crippen molar-refractivity contribution in [2.45, 2.75) is 40.2 Å². The molecule has 1 aromatic heterocycles. The van der Waals surface area contributed by atoms with Crippen molar-refractivity contribution in [1.82, 2.24) is 9.47 Å². The van der Waals surface area contributed by atoms with Crippen molar-refractivity contribution in [3.8, 4) is 11.1 Å². The van der Waals surface area contributed by atoms with E-state index >= 15 is 0 Å². The molecule has 1 aromatic carbocycles. The SMILES string of the molecule is CCc1c(-c2ccc(C)cc2)c(C(N)=O)c(C)n1CCCN(C)C. The minimum absolute atomic E-state index is 0.343. The smallest absolute Gasteiger partial charge is 0.251 e. The maximum Gasteiger partial charge on any atom is 0.251 e. The Morgan fingerprint density at radius 3 is 2.29 bits per heavy atom. The van der Waals surface area contributed by atoms with E-state index in [1.54, 1.807) is 0 Å². The molecule has 0 saturated heterocycles. The molecule has 0 fully saturated rings. The highest BCUT2D eigenvalue weighted by Gasteiger charge is 2.23. The number of hydrogen-bond donors (Lipinski definition) is 1. The Kier molecular flexibility index (Phi) is 5.84. The van der Waals surface area contributed by atoms with E-state index < -0.39 is 0 Å². The predicted octanol–water partition coefficient (Wildman–Crippen LogP) is 3.38. The molecule has 2 rings (SSSR count). The van der Waals surface area contributed by atoms with Crippen molar-refractivity contribution < 1.29 is 4.79 Å². The van der Waals surface area contributed by atoms with Crippen molar-refractivity contribution >= 4 is 5.91 Å². The zero-order chi connectivity index (χ0) is 17.9. The van der Waals surface area contributed by atoms with Crippen molar-refractivity contribution in [1.29, 1.82) is 0 Å². The van der Waals surface area contributed by atoms with Gasteiger partial charge in [0.25, 0.3) is 5.91 Å². The first kappa shape index (κ1) is 18.3. The van der Waals surface area contributed by atoms with Gasteiger partial charge in [0, 0.05) is 23.5 Å². The first-order valence-electron chi connectivity index (χ1n) is 8.60. The van der Waals surface area contributed by atoms with Gasteiger partial charge < -0.3 is 15.2 Å². The van der Waals surface area contributed by atoms with Gasteiger partial charge in [0.05, 0.1) is 5.56 Å². The zero-order valence-electron chi connectivity index (χ0n) is 15.5. The number of carbonyl (C=O) groups is 1. The Bertz CT molecular complexity index is 711. The lowest BCUT2D eigenvalue weighted by atomic mass is 9.98. The summed E-state index contributed by atoms with van der Waals surface area (Å²) in [7, 11) is 4.16. The topological polar surface area (TPSA) is 51.3 Å². The van der Waals surface area contributed by atoms with Crippen molar-refractivity contribution in [3.05, 3.63) is 46.8 Å². The van der Waals surface area contributed by atoms with Gasteiger partial charge in [0.15, 0.2) is 0 Å². The highest BCUT2D eigenvalue weighted by molar-refractivity contribution is 6.02. The lowest BCUT2D eigenvalue weighted by Crippen LogP contribution is -2.17. The van der Waals surface area contributed by atoms with E-state index in [-0.39, 0.29) is 5.91 Å². The summed E-state index contributed by atoms with van der Waals surface area (Å²) in [5.41, 5.74) is 11.9. The second-order valence-electron chi connectivity index (χ2n) is 6.67. The summed E-state index contributed by atoms with van der Waals surface area (Å²) in [6.45, 7) is 8.13. The Morgan fingerprint density at radius 1 is 1.17 bits per heavy atom. The number of amides is 1. The van der Waals surface area contributed by atoms with Crippen LogP contribution in [0.2, 0.25) is 0 Å². The molecule has 2 N–H and O–H groups in total. The molecule has 2 aromatic rings. The summed E-state index contributed by atoms with van der Waals surface area (Å²) in [4.78, 5) is 14.3. The average Bonchev–Trinajstić information content (AvgIpc) is 2.80. The summed E-state index contributed by atoms with van der Waals surface area (Å²) >= 11 is 0. The summed E-state index contributed by atoms with van der Waals surface area (Å²) in [6, 6.07) is 8.33. The molecule has 0 atom stereocenters. The van der Waals surface area contributed by atoms with Gasteiger partial charge >= 0.3 is 0 Å². The summed E-state index contributed by atoms with van der Waals surface area (Å²) < 4.78 is 2.28. The Morgan fingerprint density at radius 2 is 1.79 bits per heavy atom. The normalized spacial score (nSPS) is 11.2. The summed E-state index contributed by atoms with van der Waals surface area (Å²) in [6.07, 6.45) is 1.92. The fourth-order valence-electron chi connectivity index (χ4n) is 3.35. The van der Waals surface area contributed by atoms with E-state index in [0.717, 1.165) is 42.8 Å². The maximum atomic E-state index is 12.1. The number of carbonyl (C=O) groups excluding carboxylic acids is 1. The third-order valence-corrected chi connectivity index (χ3v) is 4.54. The van der Waals surface area contributed by atoms with E-state index in [4.69, 9.17) is 5.73 Å². The van der Waals surface area contributed by atoms with Crippen LogP contribution in [0.15, 0.2) is 24.3 Å². The van der Waals surface area contributed by atoms with Crippen LogP contribution in [-0.4, -0.2) is 36.0 Å². The van der Waals surface area contributed by atoms with E-state index in [0.29, 0.717) is 5.56 Å². The number of hydrogen-bond acceptors (Lipinski definition) is 2. The molecule has 1 amide bonds. The van der Waals surface area contributed by atoms with Gasteiger partial charge in [0.1, 0.15) is 0 Å². The summed E-state index contributed by atoms with van der Waals surface area (Å²) in [5.74, 6) is -0.343. The van der Waals surface area contributed by atoms with Gasteiger partial charge in [-0.3, -0.25) is 4.79 Å². The van der Waals surface area contributed by atoms with Crippen LogP contribution in [0.4, 0.5) is 0 Å². The van der Waals surface area contributed by atoms with Crippen LogP contribution in [0.1, 0.15) is 40.7 Å². The van der Waals surface area contributed by atoms with Gasteiger partial charge in [-0.2, -0.15) is 0 Å². The number of benzene rings is 1. The van der Waals surface area contributed by atoms with E-state index in [1.165, 1.54) is 11.3 Å². The molecule has 4 heteroatoms. The molecule has 1 heterocycles. The second kappa shape index (κ2) is 7.67. The van der Waals surface area contributed by atoms with E-state index in [2.05, 4.69) is 61.7 Å². The molecule has 4 nitrogen and oxygen atoms in total. The lowest BCUT2D eigenvalue weighted by molar-refractivity contribution is 0.1000. The third kappa shape index (κ3) is 3.70. The van der Waals surface area contributed by atoms with Gasteiger partial charge in [-0.05, 0) is 52.9 Å². The molecule has 0 aliphatic rings. The fourth-order valence-corrected chi connectivity index (χ4v) is 3.35. The standard InChI is InChI=1S/C20H29N3O/c1-6-17-19(16-10-8-14(2)9-11-16)18(20(21)24)15(3)23(17)13-7-12-22(4)5/h8-11H,6-7,12-13H2,1-5H3,(H2,21,24). The molecule has 0 saturated carbocycles. The second-order valence-corrected chi connectivity index (χ2v) is 6.67. The Balaban J connectivity index is 2.55. The monoisotopic (exact) mass is 327 g/mol. The highest BCUT2D eigenvalue weighted by Crippen LogP contribution is 2.33. The fraction of sp³-hybridized carbons (Fsp3) is 0.450. The molecule has 0 bridgehead atoms. The van der Waals surface area contributed by atoms with Gasteiger partial charge in [0.2, 0.25) is 0 Å². The van der Waals surface area contributed by atoms with Crippen LogP contribution < -0.4 is 5.73 Å². The van der Waals surface area contributed by atoms with Crippen LogP contribution in [0, 0.1) is 13.8 Å². The minimum atomic E-state index is -0.343. The van der Waals surface area contributed by atoms with Crippen LogP contribution in [-0.2, 0) is 13.0 Å². The average molecular weight is 327 g/mol. The van der Waals surface area contributed by atoms with Gasteiger partial charge in [-0.1, -0.05) is 36.8 Å². The van der Waals surface area contributed by atoms with Crippen molar-refractivity contribution in [3.63, 3.8) is 0 Å². The predicted molar refractivity (Wildman–Crippen MR) is 100 cm³/mol. The number of aryl methyl sites for hydroxylation is 1. The van der Waals surface area contributed by atoms with Crippen LogP contribution in [0.3, 0.4) is 0 Å². The molecule has 0 unspecified atom stereocenters. The number of aromatic nitrogens is 1. The molecule has 0 spiro atoms. The first-order chi connectivity index (χ1) is 11.4. The molecule has 0 aliphatic heterocycles. The van der Waals surface area contributed by atoms with Crippen molar-refractivity contribution in [2.75, 3.05) is 20.6 Å². The number of nitrogens with zero attached hydrogens (tertiary/aromatic N) is 2. The van der Waals surface area contributed by atoms with Crippen molar-refractivity contribution in [2.24, 2.45) is 5.73 Å². The molecule has 24 heavy (non-hydrogen) atoms. The molecular weight excluding hydrogens is 298 g/mol. The van der Waals surface area contributed by atoms with Gasteiger partial charge in [-0.25, -0.2) is 0 Å². The number of rotatable bonds is 7. The van der Waals surface area contributed by atoms with Crippen LogP contribution in [0.25, 0.3) is 11.1 Å². The molecule has 130 valence electrons. The number of nitrogens with two attached hydrogens (primary N) is 1. The van der Waals surface area contributed by atoms with E-state index in [9.17, 15) is 4.79 Å². The molecule has 0 radical (unpaired) electrons. The molecule has 0 aliphatic carbocycles. The Hall–Kier alpha value is -2.07. The number of primary amides is 1. The zero-order valence-corrected chi connectivity index (χ0v) is 15.5. The van der Waals surface area contributed by atoms with E-state index in [1.807, 2.05) is 6.92 Å². The van der Waals surface area contributed by atoms with Crippen LogP contribution in [0.5, 0.6) is 0 Å². The summed E-state index contributed by atoms with van der Waals surface area (Å²) in [5, 5.41) is 0. The quantitative estimate of drug-likeness (QED) is 0.847. The Labute approximate surface area is 145 Å².